The highest BCUT2D eigenvalue weighted by Crippen LogP contribution is 1.96. The number of nitrogens with one attached hydrogen (secondary N) is 1. The molecule has 92 valence electrons. The molecule has 3 heteroatoms. The SMILES string of the molecule is CC(CNC(C)C)COCCCN(C)C. The van der Waals surface area contributed by atoms with Gasteiger partial charge in [0.2, 0.25) is 0 Å². The third-order valence-corrected chi connectivity index (χ3v) is 2.17. The van der Waals surface area contributed by atoms with Crippen molar-refractivity contribution < 1.29 is 4.74 Å². The molecule has 0 saturated carbocycles. The van der Waals surface area contributed by atoms with Crippen molar-refractivity contribution in [3.63, 3.8) is 0 Å². The molecule has 0 fully saturated rings. The van der Waals surface area contributed by atoms with Gasteiger partial charge in [0.15, 0.2) is 0 Å². The lowest BCUT2D eigenvalue weighted by Crippen LogP contribution is -2.29. The molecule has 0 radical (unpaired) electrons. The van der Waals surface area contributed by atoms with E-state index in [0.29, 0.717) is 12.0 Å². The van der Waals surface area contributed by atoms with Crippen LogP contribution in [0.15, 0.2) is 0 Å². The molecule has 3 nitrogen and oxygen atoms in total. The van der Waals surface area contributed by atoms with Crippen molar-refractivity contribution in [2.24, 2.45) is 5.92 Å². The molecule has 0 rings (SSSR count). The molecule has 0 spiro atoms. The highest BCUT2D eigenvalue weighted by molar-refractivity contribution is 4.59. The smallest absolute Gasteiger partial charge is 0.0503 e. The predicted molar refractivity (Wildman–Crippen MR) is 66.3 cm³/mol. The van der Waals surface area contributed by atoms with Gasteiger partial charge in [-0.15, -0.1) is 0 Å². The zero-order chi connectivity index (χ0) is 11.7. The maximum Gasteiger partial charge on any atom is 0.0503 e. The summed E-state index contributed by atoms with van der Waals surface area (Å²) in [5.41, 5.74) is 0. The summed E-state index contributed by atoms with van der Waals surface area (Å²) in [7, 11) is 4.18. The van der Waals surface area contributed by atoms with Crippen LogP contribution in [0.4, 0.5) is 0 Å². The first-order valence-corrected chi connectivity index (χ1v) is 5.98. The minimum atomic E-state index is 0.571. The van der Waals surface area contributed by atoms with Crippen LogP contribution < -0.4 is 5.32 Å². The van der Waals surface area contributed by atoms with Gasteiger partial charge in [-0.2, -0.15) is 0 Å². The zero-order valence-electron chi connectivity index (χ0n) is 11.0. The normalized spacial score (nSPS) is 13.8. The Labute approximate surface area is 95.2 Å². The number of rotatable bonds is 9. The van der Waals surface area contributed by atoms with Crippen molar-refractivity contribution in [1.82, 2.24) is 10.2 Å². The van der Waals surface area contributed by atoms with E-state index >= 15 is 0 Å². The van der Waals surface area contributed by atoms with E-state index < -0.39 is 0 Å². The third-order valence-electron chi connectivity index (χ3n) is 2.17. The van der Waals surface area contributed by atoms with Gasteiger partial charge in [0, 0.05) is 19.2 Å². The fraction of sp³-hybridized carbons (Fsp3) is 1.00. The number of hydrogen-bond acceptors (Lipinski definition) is 3. The first-order chi connectivity index (χ1) is 7.02. The molecule has 0 aliphatic rings. The van der Waals surface area contributed by atoms with Gasteiger partial charge in [-0.1, -0.05) is 20.8 Å². The van der Waals surface area contributed by atoms with Crippen LogP contribution in [-0.2, 0) is 4.74 Å². The largest absolute Gasteiger partial charge is 0.381 e. The van der Waals surface area contributed by atoms with Gasteiger partial charge in [0.1, 0.15) is 0 Å². The first-order valence-electron chi connectivity index (χ1n) is 5.98. The van der Waals surface area contributed by atoms with Crippen molar-refractivity contribution in [3.05, 3.63) is 0 Å². The third kappa shape index (κ3) is 11.8. The summed E-state index contributed by atoms with van der Waals surface area (Å²) in [4.78, 5) is 2.19. The Morgan fingerprint density at radius 2 is 1.87 bits per heavy atom. The lowest BCUT2D eigenvalue weighted by Gasteiger charge is -2.15. The molecule has 1 atom stereocenters. The summed E-state index contributed by atoms with van der Waals surface area (Å²) in [6, 6.07) is 0.571. The van der Waals surface area contributed by atoms with Crippen LogP contribution in [0.5, 0.6) is 0 Å². The molecule has 0 saturated heterocycles. The van der Waals surface area contributed by atoms with Gasteiger partial charge < -0.3 is 15.0 Å². The molecule has 0 bridgehead atoms. The van der Waals surface area contributed by atoms with Crippen LogP contribution >= 0.6 is 0 Å². The van der Waals surface area contributed by atoms with Crippen LogP contribution in [-0.4, -0.2) is 51.3 Å². The molecule has 15 heavy (non-hydrogen) atoms. The van der Waals surface area contributed by atoms with Crippen LogP contribution in [0, 0.1) is 5.92 Å². The van der Waals surface area contributed by atoms with Crippen LogP contribution in [0.25, 0.3) is 0 Å². The van der Waals surface area contributed by atoms with E-state index in [0.717, 1.165) is 32.7 Å². The quantitative estimate of drug-likeness (QED) is 0.592. The highest BCUT2D eigenvalue weighted by atomic mass is 16.5. The summed E-state index contributed by atoms with van der Waals surface area (Å²) in [5.74, 6) is 0.603. The Kier molecular flexibility index (Phi) is 9.06. The summed E-state index contributed by atoms with van der Waals surface area (Å²) in [6.45, 7) is 10.5. The lowest BCUT2D eigenvalue weighted by atomic mass is 10.2. The molecule has 1 unspecified atom stereocenters. The molecule has 0 amide bonds. The Bertz CT molecular complexity index is 138. The Morgan fingerprint density at radius 3 is 2.40 bits per heavy atom. The van der Waals surface area contributed by atoms with Gasteiger partial charge in [-0.25, -0.2) is 0 Å². The van der Waals surface area contributed by atoms with E-state index in [-0.39, 0.29) is 0 Å². The lowest BCUT2D eigenvalue weighted by molar-refractivity contribution is 0.0974. The van der Waals surface area contributed by atoms with Crippen LogP contribution in [0.2, 0.25) is 0 Å². The molecular formula is C12H28N2O. The minimum absolute atomic E-state index is 0.571. The summed E-state index contributed by atoms with van der Waals surface area (Å²) < 4.78 is 5.61. The topological polar surface area (TPSA) is 24.5 Å². The van der Waals surface area contributed by atoms with E-state index in [1.165, 1.54) is 0 Å². The first kappa shape index (κ1) is 14.9. The molecular weight excluding hydrogens is 188 g/mol. The second kappa shape index (κ2) is 9.13. The second-order valence-corrected chi connectivity index (χ2v) is 4.90. The second-order valence-electron chi connectivity index (χ2n) is 4.90. The summed E-state index contributed by atoms with van der Waals surface area (Å²) >= 11 is 0. The number of nitrogens with zero attached hydrogens (tertiary/aromatic N) is 1. The average molecular weight is 216 g/mol. The van der Waals surface area contributed by atoms with E-state index in [9.17, 15) is 0 Å². The van der Waals surface area contributed by atoms with Crippen LogP contribution in [0.3, 0.4) is 0 Å². The fourth-order valence-corrected chi connectivity index (χ4v) is 1.26. The molecule has 0 heterocycles. The van der Waals surface area contributed by atoms with Crippen molar-refractivity contribution in [2.75, 3.05) is 40.4 Å². The fourth-order valence-electron chi connectivity index (χ4n) is 1.26. The van der Waals surface area contributed by atoms with Crippen molar-refractivity contribution >= 4 is 0 Å². The van der Waals surface area contributed by atoms with E-state index in [1.807, 2.05) is 0 Å². The Morgan fingerprint density at radius 1 is 1.20 bits per heavy atom. The monoisotopic (exact) mass is 216 g/mol. The molecule has 0 aliphatic carbocycles. The minimum Gasteiger partial charge on any atom is -0.381 e. The van der Waals surface area contributed by atoms with E-state index in [2.05, 4.69) is 45.1 Å². The maximum absolute atomic E-state index is 5.61. The summed E-state index contributed by atoms with van der Waals surface area (Å²) in [6.07, 6.45) is 1.12. The standard InChI is InChI=1S/C12H28N2O/c1-11(2)13-9-12(3)10-15-8-6-7-14(4)5/h11-13H,6-10H2,1-5H3. The van der Waals surface area contributed by atoms with Gasteiger partial charge in [0.05, 0.1) is 6.61 Å². The Balaban J connectivity index is 3.20. The van der Waals surface area contributed by atoms with Crippen LogP contribution in [0.1, 0.15) is 27.2 Å². The van der Waals surface area contributed by atoms with Gasteiger partial charge in [-0.05, 0) is 33.0 Å². The van der Waals surface area contributed by atoms with E-state index in [4.69, 9.17) is 4.74 Å². The van der Waals surface area contributed by atoms with E-state index in [1.54, 1.807) is 0 Å². The number of ether oxygens (including phenoxy) is 1. The van der Waals surface area contributed by atoms with Gasteiger partial charge in [-0.3, -0.25) is 0 Å². The summed E-state index contributed by atoms with van der Waals surface area (Å²) in [5, 5.41) is 3.42. The maximum atomic E-state index is 5.61. The molecule has 0 aliphatic heterocycles. The van der Waals surface area contributed by atoms with Gasteiger partial charge in [0.25, 0.3) is 0 Å². The highest BCUT2D eigenvalue weighted by Gasteiger charge is 2.02. The van der Waals surface area contributed by atoms with Gasteiger partial charge >= 0.3 is 0 Å². The molecule has 0 aromatic rings. The molecule has 0 aromatic carbocycles. The molecule has 0 aromatic heterocycles. The average Bonchev–Trinajstić information content (AvgIpc) is 2.13. The number of hydrogen-bond donors (Lipinski definition) is 1. The predicted octanol–water partition coefficient (Wildman–Crippen LogP) is 1.59. The van der Waals surface area contributed by atoms with Crippen molar-refractivity contribution in [2.45, 2.75) is 33.2 Å². The Hall–Kier alpha value is -0.120. The van der Waals surface area contributed by atoms with Crippen molar-refractivity contribution in [3.8, 4) is 0 Å². The molecule has 1 N–H and O–H groups in total. The zero-order valence-corrected chi connectivity index (χ0v) is 11.0. The van der Waals surface area contributed by atoms with Crippen molar-refractivity contribution in [1.29, 1.82) is 0 Å².